The SMILES string of the molecule is CCOc1ccc(CNCC2CCCN2c2cc(NC)ncn2)cc1OCC. The molecule has 1 aromatic heterocycles. The number of nitrogens with zero attached hydrogens (tertiary/aromatic N) is 3. The molecule has 0 saturated carbocycles. The van der Waals surface area contributed by atoms with Crippen LogP contribution in [0.4, 0.5) is 11.6 Å². The first-order chi connectivity index (χ1) is 13.7. The first kappa shape index (κ1) is 20.2. The van der Waals surface area contributed by atoms with Gasteiger partial charge in [-0.05, 0) is 44.4 Å². The normalized spacial score (nSPS) is 16.2. The maximum absolute atomic E-state index is 5.73. The number of ether oxygens (including phenoxy) is 2. The highest BCUT2D eigenvalue weighted by atomic mass is 16.5. The summed E-state index contributed by atoms with van der Waals surface area (Å²) >= 11 is 0. The number of rotatable bonds is 10. The Balaban J connectivity index is 1.58. The second kappa shape index (κ2) is 10.1. The Hall–Kier alpha value is -2.54. The number of hydrogen-bond acceptors (Lipinski definition) is 7. The minimum Gasteiger partial charge on any atom is -0.490 e. The second-order valence-corrected chi connectivity index (χ2v) is 6.78. The van der Waals surface area contributed by atoms with Gasteiger partial charge in [0.15, 0.2) is 11.5 Å². The van der Waals surface area contributed by atoms with Crippen molar-refractivity contribution >= 4 is 11.6 Å². The molecule has 2 heterocycles. The topological polar surface area (TPSA) is 71.5 Å². The largest absolute Gasteiger partial charge is 0.490 e. The van der Waals surface area contributed by atoms with Crippen molar-refractivity contribution in [2.24, 2.45) is 0 Å². The van der Waals surface area contributed by atoms with Crippen LogP contribution >= 0.6 is 0 Å². The molecule has 0 radical (unpaired) electrons. The van der Waals surface area contributed by atoms with Crippen LogP contribution in [-0.2, 0) is 6.54 Å². The lowest BCUT2D eigenvalue weighted by atomic mass is 10.1. The van der Waals surface area contributed by atoms with Crippen molar-refractivity contribution in [3.05, 3.63) is 36.2 Å². The van der Waals surface area contributed by atoms with Crippen LogP contribution in [0, 0.1) is 0 Å². The molecule has 1 saturated heterocycles. The predicted molar refractivity (Wildman–Crippen MR) is 112 cm³/mol. The molecule has 1 aliphatic heterocycles. The molecular formula is C21H31N5O2. The maximum Gasteiger partial charge on any atom is 0.161 e. The zero-order valence-electron chi connectivity index (χ0n) is 17.1. The molecular weight excluding hydrogens is 354 g/mol. The van der Waals surface area contributed by atoms with Crippen LogP contribution in [0.25, 0.3) is 0 Å². The molecule has 7 heteroatoms. The summed E-state index contributed by atoms with van der Waals surface area (Å²) in [7, 11) is 1.88. The van der Waals surface area contributed by atoms with Crippen LogP contribution in [0.3, 0.4) is 0 Å². The predicted octanol–water partition coefficient (Wildman–Crippen LogP) is 3.07. The summed E-state index contributed by atoms with van der Waals surface area (Å²) in [6, 6.07) is 8.61. The first-order valence-electron chi connectivity index (χ1n) is 10.1. The van der Waals surface area contributed by atoms with E-state index in [1.54, 1.807) is 6.33 Å². The van der Waals surface area contributed by atoms with E-state index >= 15 is 0 Å². The fourth-order valence-electron chi connectivity index (χ4n) is 3.58. The number of aromatic nitrogens is 2. The molecule has 0 amide bonds. The molecule has 1 atom stereocenters. The van der Waals surface area contributed by atoms with Crippen LogP contribution < -0.4 is 25.0 Å². The molecule has 3 rings (SSSR count). The average molecular weight is 386 g/mol. The molecule has 1 aliphatic rings. The Morgan fingerprint density at radius 3 is 2.71 bits per heavy atom. The summed E-state index contributed by atoms with van der Waals surface area (Å²) in [5.74, 6) is 3.45. The molecule has 0 spiro atoms. The molecule has 28 heavy (non-hydrogen) atoms. The van der Waals surface area contributed by atoms with Gasteiger partial charge in [-0.2, -0.15) is 0 Å². The van der Waals surface area contributed by atoms with Gasteiger partial charge >= 0.3 is 0 Å². The fourth-order valence-corrected chi connectivity index (χ4v) is 3.58. The van der Waals surface area contributed by atoms with Crippen molar-refractivity contribution in [3.8, 4) is 11.5 Å². The van der Waals surface area contributed by atoms with Crippen molar-refractivity contribution < 1.29 is 9.47 Å². The molecule has 2 aromatic rings. The van der Waals surface area contributed by atoms with Gasteiger partial charge in [-0.15, -0.1) is 0 Å². The zero-order chi connectivity index (χ0) is 19.8. The van der Waals surface area contributed by atoms with Gasteiger partial charge in [0.2, 0.25) is 0 Å². The van der Waals surface area contributed by atoms with Gasteiger partial charge in [-0.1, -0.05) is 6.07 Å². The molecule has 152 valence electrons. The third kappa shape index (κ3) is 5.04. The van der Waals surface area contributed by atoms with Crippen molar-refractivity contribution in [2.75, 3.05) is 43.6 Å². The van der Waals surface area contributed by atoms with Crippen LogP contribution in [0.1, 0.15) is 32.3 Å². The van der Waals surface area contributed by atoms with E-state index in [1.165, 1.54) is 18.4 Å². The van der Waals surface area contributed by atoms with E-state index in [2.05, 4.69) is 37.6 Å². The smallest absolute Gasteiger partial charge is 0.161 e. The lowest BCUT2D eigenvalue weighted by molar-refractivity contribution is 0.287. The summed E-state index contributed by atoms with van der Waals surface area (Å²) in [5, 5.41) is 6.68. The molecule has 2 N–H and O–H groups in total. The van der Waals surface area contributed by atoms with Gasteiger partial charge in [-0.25, -0.2) is 9.97 Å². The lowest BCUT2D eigenvalue weighted by Gasteiger charge is -2.26. The maximum atomic E-state index is 5.73. The van der Waals surface area contributed by atoms with Gasteiger partial charge in [0.05, 0.1) is 13.2 Å². The summed E-state index contributed by atoms with van der Waals surface area (Å²) in [6.45, 7) is 7.97. The van der Waals surface area contributed by atoms with E-state index in [1.807, 2.05) is 33.0 Å². The Bertz CT molecular complexity index is 755. The summed E-state index contributed by atoms with van der Waals surface area (Å²) < 4.78 is 11.4. The van der Waals surface area contributed by atoms with Gasteiger partial charge in [0, 0.05) is 38.8 Å². The number of anilines is 2. The highest BCUT2D eigenvalue weighted by molar-refractivity contribution is 5.49. The van der Waals surface area contributed by atoms with Gasteiger partial charge in [0.1, 0.15) is 18.0 Å². The molecule has 0 aliphatic carbocycles. The van der Waals surface area contributed by atoms with Crippen molar-refractivity contribution in [2.45, 2.75) is 39.3 Å². The van der Waals surface area contributed by atoms with E-state index < -0.39 is 0 Å². The van der Waals surface area contributed by atoms with Gasteiger partial charge in [0.25, 0.3) is 0 Å². The van der Waals surface area contributed by atoms with Crippen molar-refractivity contribution in [1.29, 1.82) is 0 Å². The average Bonchev–Trinajstić information content (AvgIpc) is 3.19. The number of hydrogen-bond donors (Lipinski definition) is 2. The summed E-state index contributed by atoms with van der Waals surface area (Å²) in [5.41, 5.74) is 1.19. The van der Waals surface area contributed by atoms with Crippen molar-refractivity contribution in [3.63, 3.8) is 0 Å². The van der Waals surface area contributed by atoms with Crippen LogP contribution in [0.2, 0.25) is 0 Å². The highest BCUT2D eigenvalue weighted by Gasteiger charge is 2.25. The zero-order valence-corrected chi connectivity index (χ0v) is 17.1. The Morgan fingerprint density at radius 1 is 1.11 bits per heavy atom. The molecule has 1 aromatic carbocycles. The quantitative estimate of drug-likeness (QED) is 0.651. The van der Waals surface area contributed by atoms with E-state index in [4.69, 9.17) is 9.47 Å². The van der Waals surface area contributed by atoms with E-state index in [0.717, 1.165) is 42.8 Å². The number of nitrogens with one attached hydrogen (secondary N) is 2. The summed E-state index contributed by atoms with van der Waals surface area (Å²) in [6.07, 6.45) is 3.97. The van der Waals surface area contributed by atoms with Gasteiger partial charge < -0.3 is 25.0 Å². The third-order valence-electron chi connectivity index (χ3n) is 4.90. The van der Waals surface area contributed by atoms with E-state index in [0.29, 0.717) is 19.3 Å². The molecule has 1 fully saturated rings. The van der Waals surface area contributed by atoms with Crippen molar-refractivity contribution in [1.82, 2.24) is 15.3 Å². The van der Waals surface area contributed by atoms with Gasteiger partial charge in [-0.3, -0.25) is 0 Å². The Labute approximate surface area is 167 Å². The van der Waals surface area contributed by atoms with E-state index in [-0.39, 0.29) is 0 Å². The van der Waals surface area contributed by atoms with Crippen LogP contribution in [0.15, 0.2) is 30.6 Å². The first-order valence-corrected chi connectivity index (χ1v) is 10.1. The minimum absolute atomic E-state index is 0.439. The second-order valence-electron chi connectivity index (χ2n) is 6.78. The lowest BCUT2D eigenvalue weighted by Crippen LogP contribution is -2.38. The molecule has 1 unspecified atom stereocenters. The minimum atomic E-state index is 0.439. The standard InChI is InChI=1S/C21H31N5O2/c1-4-27-18-9-8-16(11-19(18)28-5-2)13-23-14-17-7-6-10-26(17)21-12-20(22-3)24-15-25-21/h8-9,11-12,15,17,23H,4-7,10,13-14H2,1-3H3,(H,22,24,25). The number of benzene rings is 1. The fraction of sp³-hybridized carbons (Fsp3) is 0.524. The van der Waals surface area contributed by atoms with Crippen LogP contribution in [-0.4, -0.2) is 49.4 Å². The monoisotopic (exact) mass is 385 g/mol. The van der Waals surface area contributed by atoms with E-state index in [9.17, 15) is 0 Å². The molecule has 7 nitrogen and oxygen atoms in total. The Morgan fingerprint density at radius 2 is 1.93 bits per heavy atom. The summed E-state index contributed by atoms with van der Waals surface area (Å²) in [4.78, 5) is 11.0. The molecule has 0 bridgehead atoms. The highest BCUT2D eigenvalue weighted by Crippen LogP contribution is 2.29. The third-order valence-corrected chi connectivity index (χ3v) is 4.90. The van der Waals surface area contributed by atoms with Crippen LogP contribution in [0.5, 0.6) is 11.5 Å². The Kier molecular flexibility index (Phi) is 7.31.